The van der Waals surface area contributed by atoms with Crippen molar-refractivity contribution >= 4 is 35.0 Å². The smallest absolute Gasteiger partial charge is 0.269 e. The van der Waals surface area contributed by atoms with Crippen LogP contribution in [-0.2, 0) is 14.5 Å². The quantitative estimate of drug-likeness (QED) is 0.648. The van der Waals surface area contributed by atoms with Crippen molar-refractivity contribution in [2.45, 2.75) is 50.4 Å². The third-order valence-corrected chi connectivity index (χ3v) is 8.59. The number of benzene rings is 2. The largest absolute Gasteiger partial charge is 0.494 e. The van der Waals surface area contributed by atoms with E-state index in [1.54, 1.807) is 4.90 Å². The first kappa shape index (κ1) is 21.6. The molecular weight excluding hydrogens is 452 g/mol. The Hall–Kier alpha value is -2.87. The zero-order valence-corrected chi connectivity index (χ0v) is 20.7. The van der Waals surface area contributed by atoms with Gasteiger partial charge in [-0.05, 0) is 62.9 Å². The van der Waals surface area contributed by atoms with Gasteiger partial charge in [0.25, 0.3) is 5.91 Å². The normalized spacial score (nSPS) is 26.3. The van der Waals surface area contributed by atoms with Crippen molar-refractivity contribution in [2.75, 3.05) is 35.4 Å². The van der Waals surface area contributed by atoms with Crippen molar-refractivity contribution in [1.29, 1.82) is 0 Å². The molecule has 2 amide bonds. The van der Waals surface area contributed by atoms with Crippen LogP contribution in [0.25, 0.3) is 0 Å². The maximum absolute atomic E-state index is 14.4. The van der Waals surface area contributed by atoms with E-state index in [4.69, 9.17) is 14.2 Å². The average molecular weight is 481 g/mol. The van der Waals surface area contributed by atoms with Crippen LogP contribution in [-0.4, -0.2) is 42.9 Å². The number of hydrogen-bond acceptors (Lipinski definition) is 6. The van der Waals surface area contributed by atoms with Crippen LogP contribution in [0.2, 0.25) is 0 Å². The maximum Gasteiger partial charge on any atom is 0.269 e. The van der Waals surface area contributed by atoms with Crippen LogP contribution in [0.4, 0.5) is 11.4 Å². The van der Waals surface area contributed by atoms with Gasteiger partial charge in [-0.2, -0.15) is 0 Å². The van der Waals surface area contributed by atoms with Crippen LogP contribution in [0, 0.1) is 0 Å². The number of nitrogens with zero attached hydrogens (tertiary/aromatic N) is 2. The molecule has 1 saturated heterocycles. The van der Waals surface area contributed by atoms with Crippen molar-refractivity contribution in [3.8, 4) is 17.2 Å². The molecule has 4 aliphatic heterocycles. The lowest BCUT2D eigenvalue weighted by Crippen LogP contribution is -2.56. The van der Waals surface area contributed by atoms with E-state index < -0.39 is 4.87 Å². The molecule has 34 heavy (non-hydrogen) atoms. The third kappa shape index (κ3) is 2.78. The first-order valence-corrected chi connectivity index (χ1v) is 12.8. The first-order valence-electron chi connectivity index (χ1n) is 11.8. The van der Waals surface area contributed by atoms with Crippen LogP contribution in [0.3, 0.4) is 0 Å². The van der Waals surface area contributed by atoms with Crippen LogP contribution >= 0.6 is 11.8 Å². The van der Waals surface area contributed by atoms with E-state index >= 15 is 0 Å². The molecule has 1 fully saturated rings. The van der Waals surface area contributed by atoms with E-state index in [1.807, 2.05) is 36.1 Å². The molecule has 2 aromatic rings. The Kier molecular flexibility index (Phi) is 4.66. The van der Waals surface area contributed by atoms with Crippen LogP contribution in [0.15, 0.2) is 30.3 Å². The minimum atomic E-state index is -1.18. The number of amides is 2. The molecule has 0 N–H and O–H groups in total. The summed E-state index contributed by atoms with van der Waals surface area (Å²) in [7, 11) is 0. The summed E-state index contributed by atoms with van der Waals surface area (Å²) in [6.07, 6.45) is 0.833. The van der Waals surface area contributed by atoms with Gasteiger partial charge < -0.3 is 19.1 Å². The Morgan fingerprint density at radius 2 is 1.85 bits per heavy atom. The molecule has 2 aromatic carbocycles. The molecule has 0 aromatic heterocycles. The first-order chi connectivity index (χ1) is 16.3. The standard InChI is InChI=1S/C26H28N2O5S/c1-5-31-17-11-18-15(2)13-25(3,4)28-23(18)19(12-17)26(24(28)30)27(22(29)14-34-26)16-6-7-20-21(10-16)33-9-8-32-20/h6-7,10-12,15H,5,8-9,13-14H2,1-4H3/t15-,26-/m1/s1. The lowest BCUT2D eigenvalue weighted by molar-refractivity contribution is -0.124. The molecule has 8 heteroatoms. The maximum atomic E-state index is 14.4. The predicted molar refractivity (Wildman–Crippen MR) is 131 cm³/mol. The van der Waals surface area contributed by atoms with E-state index in [0.29, 0.717) is 37.0 Å². The molecule has 0 aliphatic carbocycles. The van der Waals surface area contributed by atoms with Crippen LogP contribution in [0.5, 0.6) is 17.2 Å². The molecule has 0 unspecified atom stereocenters. The van der Waals surface area contributed by atoms with Crippen molar-refractivity contribution < 1.29 is 23.8 Å². The van der Waals surface area contributed by atoms with Gasteiger partial charge in [-0.3, -0.25) is 14.5 Å². The summed E-state index contributed by atoms with van der Waals surface area (Å²) in [5, 5.41) is 0. The van der Waals surface area contributed by atoms with Crippen molar-refractivity contribution in [1.82, 2.24) is 0 Å². The molecule has 0 radical (unpaired) electrons. The molecule has 0 bridgehead atoms. The Balaban J connectivity index is 1.59. The monoisotopic (exact) mass is 480 g/mol. The van der Waals surface area contributed by atoms with Crippen molar-refractivity contribution in [3.63, 3.8) is 0 Å². The summed E-state index contributed by atoms with van der Waals surface area (Å²) in [6.45, 7) is 9.84. The summed E-state index contributed by atoms with van der Waals surface area (Å²) in [4.78, 5) is 30.3. The highest BCUT2D eigenvalue weighted by Crippen LogP contribution is 2.62. The van der Waals surface area contributed by atoms with E-state index in [0.717, 1.165) is 29.0 Å². The molecule has 4 aliphatic rings. The van der Waals surface area contributed by atoms with Gasteiger partial charge in [-0.15, -0.1) is 11.8 Å². The second-order valence-corrected chi connectivity index (χ2v) is 11.1. The van der Waals surface area contributed by atoms with Crippen molar-refractivity contribution in [3.05, 3.63) is 41.5 Å². The van der Waals surface area contributed by atoms with Gasteiger partial charge >= 0.3 is 0 Å². The van der Waals surface area contributed by atoms with Gasteiger partial charge in [0.15, 0.2) is 11.5 Å². The van der Waals surface area contributed by atoms with E-state index in [2.05, 4.69) is 26.8 Å². The number of hydrogen-bond donors (Lipinski definition) is 0. The van der Waals surface area contributed by atoms with Crippen molar-refractivity contribution in [2.24, 2.45) is 0 Å². The zero-order valence-electron chi connectivity index (χ0n) is 19.8. The van der Waals surface area contributed by atoms with Crippen LogP contribution in [0.1, 0.15) is 51.2 Å². The highest BCUT2D eigenvalue weighted by atomic mass is 32.2. The minimum absolute atomic E-state index is 0.0694. The Bertz CT molecular complexity index is 1230. The van der Waals surface area contributed by atoms with Gasteiger partial charge in [-0.25, -0.2) is 0 Å². The molecule has 1 spiro atoms. The molecule has 7 nitrogen and oxygen atoms in total. The van der Waals surface area contributed by atoms with Gasteiger partial charge in [-0.1, -0.05) is 6.92 Å². The minimum Gasteiger partial charge on any atom is -0.494 e. The lowest BCUT2D eigenvalue weighted by atomic mass is 9.80. The molecule has 178 valence electrons. The van der Waals surface area contributed by atoms with E-state index in [9.17, 15) is 9.59 Å². The number of fused-ring (bicyclic) bond motifs is 2. The molecule has 4 heterocycles. The number of carbonyl (C=O) groups excluding carboxylic acids is 2. The van der Waals surface area contributed by atoms with E-state index in [1.165, 1.54) is 11.8 Å². The molecule has 2 atom stereocenters. The Morgan fingerprint density at radius 3 is 2.62 bits per heavy atom. The summed E-state index contributed by atoms with van der Waals surface area (Å²) >= 11 is 1.39. The fourth-order valence-electron chi connectivity index (χ4n) is 5.98. The summed E-state index contributed by atoms with van der Waals surface area (Å²) in [5.41, 5.74) is 3.13. The van der Waals surface area contributed by atoms with Crippen LogP contribution < -0.4 is 24.0 Å². The highest BCUT2D eigenvalue weighted by molar-refractivity contribution is 8.02. The molecular formula is C26H28N2O5S. The fraction of sp³-hybridized carbons (Fsp3) is 0.462. The number of rotatable bonds is 3. The SMILES string of the molecule is CCOc1cc2c3c(c1)[C@@]1(SCC(=O)N1c1ccc4c(c1)OCCO4)C(=O)N3C(C)(C)C[C@H]2C. The second-order valence-electron chi connectivity index (χ2n) is 9.89. The van der Waals surface area contributed by atoms with Gasteiger partial charge in [0.2, 0.25) is 10.8 Å². The highest BCUT2D eigenvalue weighted by Gasteiger charge is 2.64. The molecule has 0 saturated carbocycles. The number of thioether (sulfide) groups is 1. The number of anilines is 2. The fourth-order valence-corrected chi connectivity index (χ4v) is 7.31. The number of ether oxygens (including phenoxy) is 3. The van der Waals surface area contributed by atoms with E-state index in [-0.39, 0.29) is 29.0 Å². The zero-order chi connectivity index (χ0) is 23.8. The van der Waals surface area contributed by atoms with Gasteiger partial charge in [0.05, 0.1) is 18.0 Å². The predicted octanol–water partition coefficient (Wildman–Crippen LogP) is 4.42. The topological polar surface area (TPSA) is 68.3 Å². The van der Waals surface area contributed by atoms with Gasteiger partial charge in [0, 0.05) is 22.9 Å². The summed E-state index contributed by atoms with van der Waals surface area (Å²) in [5.74, 6) is 2.28. The second kappa shape index (κ2) is 7.31. The Morgan fingerprint density at radius 1 is 1.09 bits per heavy atom. The number of carbonyl (C=O) groups is 2. The third-order valence-electron chi connectivity index (χ3n) is 7.20. The molecule has 6 rings (SSSR count). The Labute approximate surface area is 203 Å². The lowest BCUT2D eigenvalue weighted by Gasteiger charge is -2.44. The average Bonchev–Trinajstić information content (AvgIpc) is 3.28. The summed E-state index contributed by atoms with van der Waals surface area (Å²) in [6, 6.07) is 9.51. The summed E-state index contributed by atoms with van der Waals surface area (Å²) < 4.78 is 17.4. The van der Waals surface area contributed by atoms with Gasteiger partial charge in [0.1, 0.15) is 19.0 Å².